The van der Waals surface area contributed by atoms with Gasteiger partial charge in [-0.3, -0.25) is 9.59 Å². The average Bonchev–Trinajstić information content (AvgIpc) is 3.20. The summed E-state index contributed by atoms with van der Waals surface area (Å²) in [7, 11) is 3.16. The number of nitrogens with one attached hydrogen (secondary N) is 4. The van der Waals surface area contributed by atoms with Gasteiger partial charge in [-0.1, -0.05) is 36.4 Å². The van der Waals surface area contributed by atoms with Crippen molar-refractivity contribution in [3.63, 3.8) is 0 Å². The normalized spacial score (nSPS) is 9.59. The van der Waals surface area contributed by atoms with Crippen molar-refractivity contribution >= 4 is 58.0 Å². The zero-order valence-electron chi connectivity index (χ0n) is 29.5. The third-order valence-corrected chi connectivity index (χ3v) is 7.24. The van der Waals surface area contributed by atoms with Crippen LogP contribution in [-0.2, 0) is 4.79 Å². The first-order valence-corrected chi connectivity index (χ1v) is 16.4. The molecule has 0 unspecified atom stereocenters. The fourth-order valence-electron chi connectivity index (χ4n) is 4.47. The molecule has 0 spiro atoms. The third-order valence-electron chi connectivity index (χ3n) is 7.24. The van der Waals surface area contributed by atoms with Gasteiger partial charge in [-0.05, 0) is 121 Å². The summed E-state index contributed by atoms with van der Waals surface area (Å²) in [5, 5.41) is 11.1. The van der Waals surface area contributed by atoms with Gasteiger partial charge in [0.25, 0.3) is 11.8 Å². The van der Waals surface area contributed by atoms with E-state index in [0.717, 1.165) is 17.1 Å². The standard InChI is InChI=1S/C21H19N3O3.C13H12N2O.C8H7NO2/c1-27-19-13-11-18(12-14-19)24-21(26)23-17-9-7-15(8-10-17)20(25)22-16-5-3-2-4-6-16;14-11-8-6-10(7-9-11)13(16)15-12-4-2-1-3-5-12;1-11-8-4-2-7(3-5-8)9-6-10/h2-14H,1H3,(H,22,25)(H2,23,24,26);1-9H,14H2,(H,15,16);2-5H,1H3. The summed E-state index contributed by atoms with van der Waals surface area (Å²) in [6.07, 6.45) is 1.46. The monoisotopic (exact) mass is 722 g/mol. The number of para-hydroxylation sites is 2. The Bertz CT molecular complexity index is 2120. The molecule has 54 heavy (non-hydrogen) atoms. The van der Waals surface area contributed by atoms with Crippen molar-refractivity contribution in [2.75, 3.05) is 41.2 Å². The van der Waals surface area contributed by atoms with E-state index in [-0.39, 0.29) is 17.8 Å². The lowest BCUT2D eigenvalue weighted by Crippen LogP contribution is -2.19. The number of carbonyl (C=O) groups is 3. The first-order chi connectivity index (χ1) is 26.3. The van der Waals surface area contributed by atoms with Gasteiger partial charge in [0.15, 0.2) is 0 Å². The number of nitrogens with two attached hydrogens (primary N) is 1. The van der Waals surface area contributed by atoms with Crippen molar-refractivity contribution in [2.24, 2.45) is 4.99 Å². The van der Waals surface area contributed by atoms with E-state index in [2.05, 4.69) is 26.3 Å². The summed E-state index contributed by atoms with van der Waals surface area (Å²) < 4.78 is 9.98. The summed E-state index contributed by atoms with van der Waals surface area (Å²) in [4.78, 5) is 49.3. The van der Waals surface area contributed by atoms with E-state index in [1.54, 1.807) is 111 Å². The molecule has 0 atom stereocenters. The van der Waals surface area contributed by atoms with Gasteiger partial charge in [0.1, 0.15) is 11.5 Å². The number of anilines is 5. The molecule has 272 valence electrons. The van der Waals surface area contributed by atoms with Gasteiger partial charge in [0.05, 0.1) is 19.9 Å². The molecule has 0 aliphatic rings. The van der Waals surface area contributed by atoms with Crippen LogP contribution >= 0.6 is 0 Å². The number of benzene rings is 6. The number of isocyanates is 1. The fraction of sp³-hybridized carbons (Fsp3) is 0.0476. The van der Waals surface area contributed by atoms with Crippen LogP contribution in [0.1, 0.15) is 20.7 Å². The van der Waals surface area contributed by atoms with Crippen LogP contribution in [0.3, 0.4) is 0 Å². The quantitative estimate of drug-likeness (QED) is 0.0563. The molecule has 0 bridgehead atoms. The first kappa shape index (κ1) is 39.1. The summed E-state index contributed by atoms with van der Waals surface area (Å²) in [6, 6.07) is 45.5. The van der Waals surface area contributed by atoms with Crippen molar-refractivity contribution < 1.29 is 28.7 Å². The van der Waals surface area contributed by atoms with Crippen LogP contribution in [-0.4, -0.2) is 38.1 Å². The van der Waals surface area contributed by atoms with Gasteiger partial charge in [0.2, 0.25) is 6.08 Å². The second-order valence-corrected chi connectivity index (χ2v) is 11.0. The largest absolute Gasteiger partial charge is 0.497 e. The number of hydrogen-bond acceptors (Lipinski definition) is 8. The van der Waals surface area contributed by atoms with Crippen LogP contribution in [0.25, 0.3) is 0 Å². The second kappa shape index (κ2) is 20.9. The highest BCUT2D eigenvalue weighted by Gasteiger charge is 2.08. The van der Waals surface area contributed by atoms with Crippen molar-refractivity contribution in [1.29, 1.82) is 0 Å². The highest BCUT2D eigenvalue weighted by Crippen LogP contribution is 2.18. The fourth-order valence-corrected chi connectivity index (χ4v) is 4.47. The zero-order valence-corrected chi connectivity index (χ0v) is 29.5. The molecule has 12 nitrogen and oxygen atoms in total. The smallest absolute Gasteiger partial charge is 0.323 e. The molecule has 0 saturated carbocycles. The van der Waals surface area contributed by atoms with Crippen LogP contribution in [0.5, 0.6) is 11.5 Å². The molecule has 6 N–H and O–H groups in total. The molecule has 6 rings (SSSR count). The Morgan fingerprint density at radius 3 is 1.28 bits per heavy atom. The molecular weight excluding hydrogens is 684 g/mol. The lowest BCUT2D eigenvalue weighted by atomic mass is 10.2. The molecule has 0 aliphatic heterocycles. The maximum Gasteiger partial charge on any atom is 0.323 e. The number of aliphatic imine (C=N–C) groups is 1. The average molecular weight is 723 g/mol. The maximum absolute atomic E-state index is 12.2. The Morgan fingerprint density at radius 2 is 0.870 bits per heavy atom. The summed E-state index contributed by atoms with van der Waals surface area (Å²) in [6.45, 7) is 0. The van der Waals surface area contributed by atoms with Gasteiger partial charge in [-0.2, -0.15) is 4.99 Å². The molecule has 6 aromatic carbocycles. The number of rotatable bonds is 9. The predicted octanol–water partition coefficient (Wildman–Crippen LogP) is 8.78. The maximum atomic E-state index is 12.2. The van der Waals surface area contributed by atoms with Gasteiger partial charge < -0.3 is 36.5 Å². The molecule has 6 aromatic rings. The number of urea groups is 1. The molecule has 0 radical (unpaired) electrons. The van der Waals surface area contributed by atoms with Crippen molar-refractivity contribution in [3.05, 3.63) is 169 Å². The predicted molar refractivity (Wildman–Crippen MR) is 212 cm³/mol. The SMILES string of the molecule is COc1ccc(N=C=O)cc1.COc1ccc(NC(=O)Nc2ccc(C(=O)Nc3ccccc3)cc2)cc1.Nc1ccc(C(=O)Nc2ccccc2)cc1. The third kappa shape index (κ3) is 13.2. The van der Waals surface area contributed by atoms with Gasteiger partial charge in [-0.15, -0.1) is 0 Å². The molecular formula is C42H38N6O6. The Kier molecular flexibility index (Phi) is 15.1. The molecule has 12 heteroatoms. The number of amides is 4. The van der Waals surface area contributed by atoms with Gasteiger partial charge in [0, 0.05) is 39.6 Å². The number of methoxy groups -OCH3 is 2. The molecule has 4 amide bonds. The van der Waals surface area contributed by atoms with Crippen LogP contribution in [0.2, 0.25) is 0 Å². The van der Waals surface area contributed by atoms with E-state index in [4.69, 9.17) is 15.2 Å². The van der Waals surface area contributed by atoms with Gasteiger partial charge >= 0.3 is 6.03 Å². The number of carbonyl (C=O) groups excluding carboxylic acids is 4. The van der Waals surface area contributed by atoms with Crippen LogP contribution in [0, 0.1) is 0 Å². The van der Waals surface area contributed by atoms with Crippen molar-refractivity contribution in [3.8, 4) is 11.5 Å². The molecule has 0 aliphatic carbocycles. The number of nitrogens with zero attached hydrogens (tertiary/aromatic N) is 1. The van der Waals surface area contributed by atoms with Crippen molar-refractivity contribution in [2.45, 2.75) is 0 Å². The van der Waals surface area contributed by atoms with Crippen LogP contribution < -0.4 is 36.5 Å². The summed E-state index contributed by atoms with van der Waals surface area (Å²) in [5.41, 5.74) is 10.6. The second-order valence-electron chi connectivity index (χ2n) is 11.0. The zero-order chi connectivity index (χ0) is 38.5. The number of nitrogen functional groups attached to an aromatic ring is 1. The van der Waals surface area contributed by atoms with E-state index in [1.165, 1.54) is 6.08 Å². The highest BCUT2D eigenvalue weighted by atomic mass is 16.5. The number of ether oxygens (including phenoxy) is 2. The Morgan fingerprint density at radius 1 is 0.500 bits per heavy atom. The first-order valence-electron chi connectivity index (χ1n) is 16.4. The summed E-state index contributed by atoms with van der Waals surface area (Å²) in [5.74, 6) is 1.11. The Hall–Kier alpha value is -7.69. The Balaban J connectivity index is 0.000000203. The number of hydrogen-bond donors (Lipinski definition) is 5. The van der Waals surface area contributed by atoms with E-state index in [0.29, 0.717) is 39.6 Å². The topological polar surface area (TPSA) is 173 Å². The molecule has 0 aromatic heterocycles. The highest BCUT2D eigenvalue weighted by molar-refractivity contribution is 6.05. The minimum atomic E-state index is -0.373. The molecule has 0 saturated heterocycles. The minimum Gasteiger partial charge on any atom is -0.497 e. The van der Waals surface area contributed by atoms with E-state index >= 15 is 0 Å². The van der Waals surface area contributed by atoms with Gasteiger partial charge in [-0.25, -0.2) is 9.59 Å². The van der Waals surface area contributed by atoms with Crippen molar-refractivity contribution in [1.82, 2.24) is 0 Å². The van der Waals surface area contributed by atoms with E-state index < -0.39 is 0 Å². The van der Waals surface area contributed by atoms with Crippen LogP contribution in [0.15, 0.2) is 163 Å². The molecule has 0 heterocycles. The summed E-state index contributed by atoms with van der Waals surface area (Å²) >= 11 is 0. The Labute approximate surface area is 312 Å². The van der Waals surface area contributed by atoms with E-state index in [1.807, 2.05) is 60.7 Å². The lowest BCUT2D eigenvalue weighted by Gasteiger charge is -2.09. The van der Waals surface area contributed by atoms with Crippen LogP contribution in [0.4, 0.5) is 38.9 Å². The minimum absolute atomic E-state index is 0.133. The molecule has 0 fully saturated rings. The van der Waals surface area contributed by atoms with E-state index in [9.17, 15) is 19.2 Å². The lowest BCUT2D eigenvalue weighted by molar-refractivity contribution is 0.101.